The molecule has 94 valence electrons. The number of rotatable bonds is 6. The molecular formula is C13H15N3O2. The number of H-pyrrole nitrogens is 1. The van der Waals surface area contributed by atoms with Gasteiger partial charge in [-0.05, 0) is 5.56 Å². The van der Waals surface area contributed by atoms with Crippen molar-refractivity contribution >= 4 is 12.3 Å². The number of hydrogen-bond donors (Lipinski definition) is 2. The molecule has 0 amide bonds. The molecule has 1 aromatic carbocycles. The van der Waals surface area contributed by atoms with Gasteiger partial charge < -0.3 is 15.5 Å². The predicted octanol–water partition coefficient (Wildman–Crippen LogP) is 1.30. The number of benzene rings is 1. The van der Waals surface area contributed by atoms with Gasteiger partial charge in [-0.1, -0.05) is 30.3 Å². The van der Waals surface area contributed by atoms with Crippen molar-refractivity contribution in [2.45, 2.75) is 12.8 Å². The average Bonchev–Trinajstić information content (AvgIpc) is 2.71. The second-order valence-electron chi connectivity index (χ2n) is 3.93. The molecule has 3 N–H and O–H groups in total. The Morgan fingerprint density at radius 1 is 1.33 bits per heavy atom. The van der Waals surface area contributed by atoms with Crippen LogP contribution in [0.5, 0.6) is 0 Å². The Morgan fingerprint density at radius 3 is 2.83 bits per heavy atom. The molecule has 1 aromatic heterocycles. The topological polar surface area (TPSA) is 81.0 Å². The molecule has 5 nitrogen and oxygen atoms in total. The van der Waals surface area contributed by atoms with E-state index < -0.39 is 0 Å². The van der Waals surface area contributed by atoms with Gasteiger partial charge in [-0.15, -0.1) is 0 Å². The molecule has 1 heterocycles. The highest BCUT2D eigenvalue weighted by molar-refractivity contribution is 5.39. The van der Waals surface area contributed by atoms with E-state index in [4.69, 9.17) is 5.73 Å². The molecule has 0 fully saturated rings. The number of aromatic nitrogens is 2. The second kappa shape index (κ2) is 5.86. The summed E-state index contributed by atoms with van der Waals surface area (Å²) in [5, 5.41) is 0. The van der Waals surface area contributed by atoms with Crippen molar-refractivity contribution in [3.05, 3.63) is 47.4 Å². The Morgan fingerprint density at radius 2 is 2.11 bits per heavy atom. The maximum absolute atomic E-state index is 10.0. The molecule has 0 radical (unpaired) electrons. The number of nitrogens with zero attached hydrogens (tertiary/aromatic N) is 1. The molecule has 2 aromatic rings. The van der Waals surface area contributed by atoms with Gasteiger partial charge in [-0.2, -0.15) is 0 Å². The Balaban J connectivity index is 2.02. The SMILES string of the molecule is Nc1nc(Cc2ccccc2)[nH]c1CCOC=O. The fraction of sp³-hybridized carbons (Fsp3) is 0.231. The summed E-state index contributed by atoms with van der Waals surface area (Å²) in [4.78, 5) is 17.5. The summed E-state index contributed by atoms with van der Waals surface area (Å²) in [5.74, 6) is 1.29. The number of ether oxygens (including phenoxy) is 1. The van der Waals surface area contributed by atoms with Crippen LogP contribution in [-0.2, 0) is 22.4 Å². The normalized spacial score (nSPS) is 10.2. The molecule has 0 spiro atoms. The zero-order valence-corrected chi connectivity index (χ0v) is 9.93. The third-order valence-corrected chi connectivity index (χ3v) is 2.61. The van der Waals surface area contributed by atoms with E-state index in [-0.39, 0.29) is 0 Å². The first-order valence-corrected chi connectivity index (χ1v) is 5.72. The van der Waals surface area contributed by atoms with Gasteiger partial charge in [0.1, 0.15) is 11.6 Å². The van der Waals surface area contributed by atoms with Crippen molar-refractivity contribution in [3.8, 4) is 0 Å². The molecular weight excluding hydrogens is 230 g/mol. The molecule has 0 atom stereocenters. The third-order valence-electron chi connectivity index (χ3n) is 2.61. The quantitative estimate of drug-likeness (QED) is 0.593. The first-order valence-electron chi connectivity index (χ1n) is 5.72. The van der Waals surface area contributed by atoms with Crippen LogP contribution in [0.25, 0.3) is 0 Å². The van der Waals surface area contributed by atoms with Gasteiger partial charge in [-0.3, -0.25) is 4.79 Å². The lowest BCUT2D eigenvalue weighted by molar-refractivity contribution is -0.128. The van der Waals surface area contributed by atoms with Crippen LogP contribution in [0.3, 0.4) is 0 Å². The molecule has 0 aliphatic heterocycles. The molecule has 2 rings (SSSR count). The van der Waals surface area contributed by atoms with E-state index in [2.05, 4.69) is 14.7 Å². The minimum Gasteiger partial charge on any atom is -0.467 e. The molecule has 0 saturated carbocycles. The predicted molar refractivity (Wildman–Crippen MR) is 68.0 cm³/mol. The largest absolute Gasteiger partial charge is 0.467 e. The lowest BCUT2D eigenvalue weighted by Gasteiger charge is -1.98. The zero-order chi connectivity index (χ0) is 12.8. The number of nitrogens with two attached hydrogens (primary N) is 1. The van der Waals surface area contributed by atoms with Gasteiger partial charge in [0.05, 0.1) is 12.3 Å². The molecule has 0 bridgehead atoms. The summed E-state index contributed by atoms with van der Waals surface area (Å²) >= 11 is 0. The summed E-state index contributed by atoms with van der Waals surface area (Å²) in [6.07, 6.45) is 1.26. The van der Waals surface area contributed by atoms with Gasteiger partial charge in [-0.25, -0.2) is 4.98 Å². The van der Waals surface area contributed by atoms with E-state index in [9.17, 15) is 4.79 Å². The van der Waals surface area contributed by atoms with Crippen molar-refractivity contribution in [1.82, 2.24) is 9.97 Å². The van der Waals surface area contributed by atoms with Crippen molar-refractivity contribution in [2.24, 2.45) is 0 Å². The minimum atomic E-state index is 0.306. The van der Waals surface area contributed by atoms with Gasteiger partial charge in [0.2, 0.25) is 0 Å². The number of nitrogens with one attached hydrogen (secondary N) is 1. The van der Waals surface area contributed by atoms with E-state index in [1.165, 1.54) is 5.56 Å². The molecule has 0 aliphatic rings. The number of carbonyl (C=O) groups is 1. The van der Waals surface area contributed by atoms with Crippen molar-refractivity contribution in [2.75, 3.05) is 12.3 Å². The number of aromatic amines is 1. The number of carbonyl (C=O) groups excluding carboxylic acids is 1. The number of imidazole rings is 1. The number of nitrogen functional groups attached to an aromatic ring is 1. The average molecular weight is 245 g/mol. The third kappa shape index (κ3) is 3.10. The van der Waals surface area contributed by atoms with E-state index in [0.29, 0.717) is 31.7 Å². The van der Waals surface area contributed by atoms with Crippen LogP contribution in [-0.4, -0.2) is 23.0 Å². The molecule has 18 heavy (non-hydrogen) atoms. The molecule has 0 unspecified atom stereocenters. The molecule has 0 aliphatic carbocycles. The monoisotopic (exact) mass is 245 g/mol. The van der Waals surface area contributed by atoms with Crippen LogP contribution in [0.2, 0.25) is 0 Å². The lowest BCUT2D eigenvalue weighted by Crippen LogP contribution is -2.00. The van der Waals surface area contributed by atoms with E-state index in [1.54, 1.807) is 0 Å². The number of hydrogen-bond acceptors (Lipinski definition) is 4. The van der Waals surface area contributed by atoms with Gasteiger partial charge in [0.25, 0.3) is 6.47 Å². The fourth-order valence-corrected chi connectivity index (χ4v) is 1.75. The van der Waals surface area contributed by atoms with Crippen LogP contribution in [0.4, 0.5) is 5.82 Å². The van der Waals surface area contributed by atoms with E-state index >= 15 is 0 Å². The van der Waals surface area contributed by atoms with Crippen LogP contribution >= 0.6 is 0 Å². The first kappa shape index (κ1) is 12.2. The first-order chi connectivity index (χ1) is 8.79. The van der Waals surface area contributed by atoms with Crippen LogP contribution < -0.4 is 5.73 Å². The minimum absolute atomic E-state index is 0.306. The second-order valence-corrected chi connectivity index (χ2v) is 3.93. The van der Waals surface area contributed by atoms with Crippen molar-refractivity contribution in [3.63, 3.8) is 0 Å². The van der Waals surface area contributed by atoms with Gasteiger partial charge >= 0.3 is 0 Å². The molecule has 0 saturated heterocycles. The maximum atomic E-state index is 10.0. The van der Waals surface area contributed by atoms with Crippen LogP contribution in [0.15, 0.2) is 30.3 Å². The van der Waals surface area contributed by atoms with Crippen LogP contribution in [0.1, 0.15) is 17.1 Å². The highest BCUT2D eigenvalue weighted by Gasteiger charge is 2.07. The van der Waals surface area contributed by atoms with Crippen molar-refractivity contribution in [1.29, 1.82) is 0 Å². The highest BCUT2D eigenvalue weighted by Crippen LogP contribution is 2.12. The Hall–Kier alpha value is -2.30. The summed E-state index contributed by atoms with van der Waals surface area (Å²) in [7, 11) is 0. The summed E-state index contributed by atoms with van der Waals surface area (Å²) in [6.45, 7) is 0.734. The Labute approximate surface area is 105 Å². The fourth-order valence-electron chi connectivity index (χ4n) is 1.75. The highest BCUT2D eigenvalue weighted by atomic mass is 16.5. The van der Waals surface area contributed by atoms with Crippen molar-refractivity contribution < 1.29 is 9.53 Å². The smallest absolute Gasteiger partial charge is 0.293 e. The number of anilines is 1. The standard InChI is InChI=1S/C13H15N3O2/c14-13-11(6-7-18-9-17)15-12(16-13)8-10-4-2-1-3-5-10/h1-5,9H,6-8,14H2,(H,15,16). The lowest BCUT2D eigenvalue weighted by atomic mass is 10.1. The Kier molecular flexibility index (Phi) is 3.96. The summed E-state index contributed by atoms with van der Waals surface area (Å²) in [5.41, 5.74) is 7.77. The maximum Gasteiger partial charge on any atom is 0.293 e. The summed E-state index contributed by atoms with van der Waals surface area (Å²) < 4.78 is 4.64. The molecule has 5 heteroatoms. The van der Waals surface area contributed by atoms with Gasteiger partial charge in [0, 0.05) is 12.8 Å². The van der Waals surface area contributed by atoms with Gasteiger partial charge in [0.15, 0.2) is 0 Å². The zero-order valence-electron chi connectivity index (χ0n) is 9.93. The summed E-state index contributed by atoms with van der Waals surface area (Å²) in [6, 6.07) is 10.0. The van der Waals surface area contributed by atoms with Crippen LogP contribution in [0, 0.1) is 0 Å². The van der Waals surface area contributed by atoms with E-state index in [1.807, 2.05) is 30.3 Å². The Bertz CT molecular complexity index is 508. The van der Waals surface area contributed by atoms with E-state index in [0.717, 1.165) is 11.5 Å².